The van der Waals surface area contributed by atoms with Crippen LogP contribution in [0.25, 0.3) is 0 Å². The van der Waals surface area contributed by atoms with E-state index in [0.717, 1.165) is 42.9 Å². The Morgan fingerprint density at radius 3 is 2.85 bits per heavy atom. The summed E-state index contributed by atoms with van der Waals surface area (Å²) in [5.41, 5.74) is 1.30. The lowest BCUT2D eigenvalue weighted by Gasteiger charge is -2.35. The Morgan fingerprint density at radius 1 is 1.33 bits per heavy atom. The summed E-state index contributed by atoms with van der Waals surface area (Å²) in [6.07, 6.45) is 4.53. The summed E-state index contributed by atoms with van der Waals surface area (Å²) in [6, 6.07) is 5.54. The average Bonchev–Trinajstić information content (AvgIpc) is 2.67. The Hall–Kier alpha value is -1.57. The third-order valence-electron chi connectivity index (χ3n) is 4.74. The van der Waals surface area contributed by atoms with Crippen LogP contribution in [0.15, 0.2) is 23.1 Å². The van der Waals surface area contributed by atoms with Gasteiger partial charge in [0.2, 0.25) is 0 Å². The summed E-state index contributed by atoms with van der Waals surface area (Å²) in [5.74, 6) is -0.113. The van der Waals surface area contributed by atoms with Crippen LogP contribution >= 0.6 is 11.8 Å². The van der Waals surface area contributed by atoms with Gasteiger partial charge in [0.15, 0.2) is 0 Å². The highest BCUT2D eigenvalue weighted by Crippen LogP contribution is 2.38. The first-order chi connectivity index (χ1) is 13.0. The number of likely N-dealkylation sites (tertiary alicyclic amines) is 1. The van der Waals surface area contributed by atoms with Crippen LogP contribution in [0.1, 0.15) is 49.9 Å². The number of fused-ring (bicyclic) bond motifs is 1. The molecule has 2 N–H and O–H groups in total. The van der Waals surface area contributed by atoms with E-state index in [0.29, 0.717) is 18.7 Å². The minimum Gasteiger partial charge on any atom is -0.379 e. The molecule has 6 nitrogen and oxygen atoms in total. The number of rotatable bonds is 7. The van der Waals surface area contributed by atoms with E-state index in [1.165, 1.54) is 6.42 Å². The van der Waals surface area contributed by atoms with Crippen LogP contribution in [0.2, 0.25) is 0 Å². The molecule has 2 amide bonds. The molecule has 1 atom stereocenters. The molecule has 0 spiro atoms. The van der Waals surface area contributed by atoms with Crippen LogP contribution < -0.4 is 10.6 Å². The molecular formula is C20H29N3O3S. The van der Waals surface area contributed by atoms with Crippen LogP contribution in [-0.2, 0) is 9.53 Å². The van der Waals surface area contributed by atoms with Crippen molar-refractivity contribution in [1.29, 1.82) is 0 Å². The summed E-state index contributed by atoms with van der Waals surface area (Å²) in [5, 5.41) is 5.73. The molecule has 0 aromatic heterocycles. The number of hydrogen-bond donors (Lipinski definition) is 2. The smallest absolute Gasteiger partial charge is 0.252 e. The molecule has 3 rings (SSSR count). The van der Waals surface area contributed by atoms with Crippen molar-refractivity contribution in [2.75, 3.05) is 31.6 Å². The maximum Gasteiger partial charge on any atom is 0.252 e. The van der Waals surface area contributed by atoms with Crippen molar-refractivity contribution < 1.29 is 14.3 Å². The lowest BCUT2D eigenvalue weighted by molar-refractivity contribution is -0.118. The quantitative estimate of drug-likeness (QED) is 0.699. The van der Waals surface area contributed by atoms with Crippen molar-refractivity contribution in [2.45, 2.75) is 55.9 Å². The summed E-state index contributed by atoms with van der Waals surface area (Å²) in [7, 11) is 0. The Kier molecular flexibility index (Phi) is 7.15. The first-order valence-electron chi connectivity index (χ1n) is 9.80. The lowest BCUT2D eigenvalue weighted by atomic mass is 10.1. The number of carbonyl (C=O) groups excluding carboxylic acids is 2. The first-order valence-corrected chi connectivity index (χ1v) is 10.7. The molecular weight excluding hydrogens is 362 g/mol. The Labute approximate surface area is 165 Å². The summed E-state index contributed by atoms with van der Waals surface area (Å²) in [6.45, 7) is 7.14. The van der Waals surface area contributed by atoms with E-state index in [-0.39, 0.29) is 23.3 Å². The van der Waals surface area contributed by atoms with Gasteiger partial charge in [0.25, 0.3) is 11.8 Å². The number of thioether (sulfide) groups is 1. The molecule has 0 bridgehead atoms. The van der Waals surface area contributed by atoms with Gasteiger partial charge in [-0.25, -0.2) is 0 Å². The molecule has 0 aliphatic carbocycles. The van der Waals surface area contributed by atoms with Gasteiger partial charge >= 0.3 is 0 Å². The van der Waals surface area contributed by atoms with Crippen molar-refractivity contribution in [1.82, 2.24) is 10.2 Å². The van der Waals surface area contributed by atoms with E-state index in [9.17, 15) is 9.59 Å². The second-order valence-electron chi connectivity index (χ2n) is 7.30. The largest absolute Gasteiger partial charge is 0.379 e. The molecule has 0 saturated carbocycles. The first kappa shape index (κ1) is 20.2. The van der Waals surface area contributed by atoms with Gasteiger partial charge in [-0.1, -0.05) is 18.2 Å². The molecule has 1 fully saturated rings. The standard InChI is InChI=1S/C20H29N3O3S/c1-14(2)26-12-6-9-21-18(24)15-7-8-17-16(13-15)22-19(25)20(27-17)23-10-4-3-5-11-23/h7-8,13-14,20H,3-6,9-12H2,1-2H3,(H,21,24)(H,22,25). The number of nitrogens with one attached hydrogen (secondary N) is 2. The second kappa shape index (κ2) is 9.57. The molecule has 7 heteroatoms. The highest BCUT2D eigenvalue weighted by Gasteiger charge is 2.33. The topological polar surface area (TPSA) is 70.7 Å². The fraction of sp³-hybridized carbons (Fsp3) is 0.600. The Morgan fingerprint density at radius 2 is 2.11 bits per heavy atom. The number of amides is 2. The third-order valence-corrected chi connectivity index (χ3v) is 6.09. The lowest BCUT2D eigenvalue weighted by Crippen LogP contribution is -2.46. The number of piperidine rings is 1. The zero-order valence-corrected chi connectivity index (χ0v) is 16.9. The van der Waals surface area contributed by atoms with Crippen molar-refractivity contribution in [3.05, 3.63) is 23.8 Å². The molecule has 2 aliphatic rings. The molecule has 27 heavy (non-hydrogen) atoms. The van der Waals surface area contributed by atoms with Crippen molar-refractivity contribution >= 4 is 29.3 Å². The number of nitrogens with zero attached hydrogens (tertiary/aromatic N) is 1. The molecule has 1 aromatic rings. The van der Waals surface area contributed by atoms with Crippen LogP contribution in [0.4, 0.5) is 5.69 Å². The van der Waals surface area contributed by atoms with Crippen LogP contribution in [0, 0.1) is 0 Å². The van der Waals surface area contributed by atoms with E-state index in [4.69, 9.17) is 4.74 Å². The monoisotopic (exact) mass is 391 g/mol. The minimum atomic E-state index is -0.168. The third kappa shape index (κ3) is 5.46. The van der Waals surface area contributed by atoms with Crippen LogP contribution in [0.5, 0.6) is 0 Å². The minimum absolute atomic E-state index is 0.0118. The van der Waals surface area contributed by atoms with Crippen LogP contribution in [0.3, 0.4) is 0 Å². The van der Waals surface area contributed by atoms with Gasteiger partial charge in [0.05, 0.1) is 11.8 Å². The van der Waals surface area contributed by atoms with Crippen molar-refractivity contribution in [2.24, 2.45) is 0 Å². The molecule has 1 aromatic carbocycles. The van der Waals surface area contributed by atoms with Gasteiger partial charge < -0.3 is 15.4 Å². The van der Waals surface area contributed by atoms with E-state index >= 15 is 0 Å². The van der Waals surface area contributed by atoms with Gasteiger partial charge in [-0.2, -0.15) is 0 Å². The van der Waals surface area contributed by atoms with Gasteiger partial charge in [-0.05, 0) is 64.4 Å². The summed E-state index contributed by atoms with van der Waals surface area (Å²) < 4.78 is 5.47. The summed E-state index contributed by atoms with van der Waals surface area (Å²) in [4.78, 5) is 28.2. The molecule has 2 heterocycles. The van der Waals surface area contributed by atoms with Crippen LogP contribution in [-0.4, -0.2) is 54.4 Å². The fourth-order valence-electron chi connectivity index (χ4n) is 3.33. The average molecular weight is 392 g/mol. The van der Waals surface area contributed by atoms with E-state index in [1.807, 2.05) is 26.0 Å². The Bertz CT molecular complexity index is 674. The van der Waals surface area contributed by atoms with Crippen molar-refractivity contribution in [3.8, 4) is 0 Å². The van der Waals surface area contributed by atoms with Crippen molar-refractivity contribution in [3.63, 3.8) is 0 Å². The number of carbonyl (C=O) groups is 2. The Balaban J connectivity index is 1.56. The highest BCUT2D eigenvalue weighted by molar-refractivity contribution is 8.00. The SMILES string of the molecule is CC(C)OCCCNC(=O)c1ccc2c(c1)NC(=O)C(N1CCCCC1)S2. The normalized spacial score (nSPS) is 20.3. The predicted octanol–water partition coefficient (Wildman–Crippen LogP) is 3.09. The number of ether oxygens (including phenoxy) is 1. The molecule has 0 radical (unpaired) electrons. The number of hydrogen-bond acceptors (Lipinski definition) is 5. The van der Waals surface area contributed by atoms with Gasteiger partial charge in [0, 0.05) is 23.6 Å². The summed E-state index contributed by atoms with van der Waals surface area (Å²) >= 11 is 1.58. The second-order valence-corrected chi connectivity index (χ2v) is 8.42. The molecule has 1 saturated heterocycles. The molecule has 2 aliphatic heterocycles. The van der Waals surface area contributed by atoms with E-state index < -0.39 is 0 Å². The maximum absolute atomic E-state index is 12.5. The maximum atomic E-state index is 12.5. The van der Waals surface area contributed by atoms with E-state index in [1.54, 1.807) is 17.8 Å². The number of benzene rings is 1. The predicted molar refractivity (Wildman–Crippen MR) is 108 cm³/mol. The van der Waals surface area contributed by atoms with E-state index in [2.05, 4.69) is 15.5 Å². The fourth-order valence-corrected chi connectivity index (χ4v) is 4.48. The number of anilines is 1. The molecule has 148 valence electrons. The molecule has 1 unspecified atom stereocenters. The van der Waals surface area contributed by atoms with Gasteiger partial charge in [-0.15, -0.1) is 0 Å². The zero-order valence-electron chi connectivity index (χ0n) is 16.1. The highest BCUT2D eigenvalue weighted by atomic mass is 32.2. The zero-order chi connectivity index (χ0) is 19.2. The van der Waals surface area contributed by atoms with Gasteiger partial charge in [-0.3, -0.25) is 14.5 Å². The van der Waals surface area contributed by atoms with Gasteiger partial charge in [0.1, 0.15) is 5.37 Å².